The molecule has 0 amide bonds. The van der Waals surface area contributed by atoms with Crippen LogP contribution in [0.1, 0.15) is 109 Å². The maximum absolute atomic E-state index is 12.9. The average molecular weight is 351 g/mol. The third-order valence-corrected chi connectivity index (χ3v) is 7.77. The molecule has 1 aromatic rings. The number of hydrogen-bond acceptors (Lipinski definition) is 3. The fourth-order valence-corrected chi connectivity index (χ4v) is 6.36. The quantitative estimate of drug-likeness (QED) is 0.642. The molecule has 138 valence electrons. The first kappa shape index (κ1) is 16.6. The molecule has 3 heteroatoms. The van der Waals surface area contributed by atoms with Crippen molar-refractivity contribution in [2.45, 2.75) is 89.9 Å². The number of fused-ring (bicyclic) bond motifs is 2. The van der Waals surface area contributed by atoms with Gasteiger partial charge in [0.15, 0.2) is 11.6 Å². The average Bonchev–Trinajstić information content (AvgIpc) is 2.62. The summed E-state index contributed by atoms with van der Waals surface area (Å²) in [6.45, 7) is 0. The molecule has 2 saturated carbocycles. The molecule has 0 bridgehead atoms. The van der Waals surface area contributed by atoms with Crippen LogP contribution in [0.3, 0.4) is 0 Å². The number of nitrogens with zero attached hydrogens (tertiary/aromatic N) is 1. The molecule has 1 aromatic heterocycles. The Labute approximate surface area is 156 Å². The van der Waals surface area contributed by atoms with Crippen molar-refractivity contribution in [1.29, 1.82) is 0 Å². The summed E-state index contributed by atoms with van der Waals surface area (Å²) in [5.41, 5.74) is 3.83. The van der Waals surface area contributed by atoms with Crippen molar-refractivity contribution in [2.75, 3.05) is 0 Å². The van der Waals surface area contributed by atoms with Gasteiger partial charge in [-0.05, 0) is 55.4 Å². The highest BCUT2D eigenvalue weighted by molar-refractivity contribution is 6.04. The smallest absolute Gasteiger partial charge is 0.165 e. The number of Topliss-reactive ketones (excluding diaryl/α,β-unsaturated/α-hetero) is 2. The van der Waals surface area contributed by atoms with Crippen LogP contribution >= 0.6 is 0 Å². The summed E-state index contributed by atoms with van der Waals surface area (Å²) in [6.07, 6.45) is 15.5. The molecule has 2 fully saturated rings. The maximum Gasteiger partial charge on any atom is 0.165 e. The van der Waals surface area contributed by atoms with Gasteiger partial charge in [-0.3, -0.25) is 14.6 Å². The Morgan fingerprint density at radius 2 is 1.04 bits per heavy atom. The van der Waals surface area contributed by atoms with Gasteiger partial charge in [-0.2, -0.15) is 0 Å². The Hall–Kier alpha value is -1.51. The summed E-state index contributed by atoms with van der Waals surface area (Å²) in [5.74, 6) is 0.461. The molecule has 0 radical (unpaired) electrons. The molecule has 0 atom stereocenters. The van der Waals surface area contributed by atoms with Crippen LogP contribution in [0.25, 0.3) is 0 Å². The lowest BCUT2D eigenvalue weighted by Crippen LogP contribution is -2.38. The first-order valence-corrected chi connectivity index (χ1v) is 10.7. The minimum atomic E-state index is 0.158. The van der Waals surface area contributed by atoms with Crippen LogP contribution in [0.2, 0.25) is 0 Å². The minimum Gasteiger partial charge on any atom is -0.294 e. The summed E-state index contributed by atoms with van der Waals surface area (Å²) in [4.78, 5) is 30.8. The molecular weight excluding hydrogens is 322 g/mol. The first-order chi connectivity index (χ1) is 12.6. The van der Waals surface area contributed by atoms with E-state index in [1.54, 1.807) is 0 Å². The van der Waals surface area contributed by atoms with Gasteiger partial charge in [0.1, 0.15) is 0 Å². The fraction of sp³-hybridized carbons (Fsp3) is 0.696. The molecule has 26 heavy (non-hydrogen) atoms. The van der Waals surface area contributed by atoms with Crippen LogP contribution in [0, 0.1) is 10.8 Å². The molecule has 0 unspecified atom stereocenters. The summed E-state index contributed by atoms with van der Waals surface area (Å²) < 4.78 is 0. The molecule has 1 heterocycles. The van der Waals surface area contributed by atoms with Crippen molar-refractivity contribution >= 4 is 11.6 Å². The van der Waals surface area contributed by atoms with Crippen LogP contribution in [0.4, 0.5) is 0 Å². The fourth-order valence-electron chi connectivity index (χ4n) is 6.36. The van der Waals surface area contributed by atoms with Crippen LogP contribution in [0.5, 0.6) is 0 Å². The number of carbonyl (C=O) groups excluding carboxylic acids is 2. The van der Waals surface area contributed by atoms with Gasteiger partial charge in [0.2, 0.25) is 0 Å². The largest absolute Gasteiger partial charge is 0.294 e. The van der Waals surface area contributed by atoms with E-state index >= 15 is 0 Å². The Morgan fingerprint density at radius 3 is 1.46 bits per heavy atom. The zero-order chi connectivity index (χ0) is 17.8. The molecular formula is C23H29NO2. The number of rotatable bonds is 0. The Kier molecular flexibility index (Phi) is 3.84. The lowest BCUT2D eigenvalue weighted by atomic mass is 9.63. The van der Waals surface area contributed by atoms with Crippen LogP contribution in [-0.4, -0.2) is 16.6 Å². The normalized spacial score (nSPS) is 26.6. The molecule has 5 rings (SSSR count). The van der Waals surface area contributed by atoms with Crippen LogP contribution in [0.15, 0.2) is 6.07 Å². The Bertz CT molecular complexity index is 705. The van der Waals surface area contributed by atoms with E-state index in [1.807, 2.05) is 6.07 Å². The van der Waals surface area contributed by atoms with Crippen molar-refractivity contribution in [2.24, 2.45) is 10.8 Å². The summed E-state index contributed by atoms with van der Waals surface area (Å²) >= 11 is 0. The summed E-state index contributed by atoms with van der Waals surface area (Å²) in [7, 11) is 0. The van der Waals surface area contributed by atoms with Crippen molar-refractivity contribution < 1.29 is 9.59 Å². The Balaban J connectivity index is 1.52. The van der Waals surface area contributed by atoms with E-state index in [9.17, 15) is 9.59 Å². The molecule has 3 nitrogen and oxygen atoms in total. The van der Waals surface area contributed by atoms with E-state index in [1.165, 1.54) is 64.2 Å². The van der Waals surface area contributed by atoms with Crippen LogP contribution in [-0.2, 0) is 12.8 Å². The first-order valence-electron chi connectivity index (χ1n) is 10.7. The maximum atomic E-state index is 12.9. The lowest BCUT2D eigenvalue weighted by Gasteiger charge is -2.42. The number of hydrogen-bond donors (Lipinski definition) is 0. The summed E-state index contributed by atoms with van der Waals surface area (Å²) in [5, 5.41) is 0. The van der Waals surface area contributed by atoms with Crippen LogP contribution < -0.4 is 0 Å². The van der Waals surface area contributed by atoms with Gasteiger partial charge in [-0.25, -0.2) is 0 Å². The van der Waals surface area contributed by atoms with Crippen molar-refractivity contribution in [3.63, 3.8) is 0 Å². The lowest BCUT2D eigenvalue weighted by molar-refractivity contribution is 0.0806. The monoisotopic (exact) mass is 351 g/mol. The number of aromatic nitrogens is 1. The van der Waals surface area contributed by atoms with E-state index in [-0.39, 0.29) is 22.4 Å². The van der Waals surface area contributed by atoms with Gasteiger partial charge in [0.25, 0.3) is 0 Å². The second-order valence-corrected chi connectivity index (χ2v) is 9.65. The van der Waals surface area contributed by atoms with E-state index in [0.717, 1.165) is 35.4 Å². The number of pyridine rings is 1. The molecule has 0 saturated heterocycles. The number of ketones is 2. The SMILES string of the molecule is O=C1CC2(CCCCC2)Cc2nc3c(cc21)C(=O)CC1(CCCCC1)C3. The predicted molar refractivity (Wildman–Crippen MR) is 101 cm³/mol. The highest BCUT2D eigenvalue weighted by atomic mass is 16.1. The second-order valence-electron chi connectivity index (χ2n) is 9.65. The van der Waals surface area contributed by atoms with Crippen molar-refractivity contribution in [3.05, 3.63) is 28.6 Å². The number of carbonyl (C=O) groups is 2. The minimum absolute atomic E-state index is 0.158. The molecule has 4 aliphatic carbocycles. The molecule has 4 aliphatic rings. The molecule has 0 N–H and O–H groups in total. The molecule has 0 aliphatic heterocycles. The summed E-state index contributed by atoms with van der Waals surface area (Å²) in [6, 6.07) is 1.92. The standard InChI is InChI=1S/C23H29NO2/c25-20-14-22(7-3-1-4-8-22)12-18-16(20)11-17-19(24-18)13-23(15-21(17)26)9-5-2-6-10-23/h11H,1-10,12-15H2. The van der Waals surface area contributed by atoms with Gasteiger partial charge in [0.05, 0.1) is 11.4 Å². The predicted octanol–water partition coefficient (Wildman–Crippen LogP) is 5.24. The third-order valence-electron chi connectivity index (χ3n) is 7.77. The zero-order valence-corrected chi connectivity index (χ0v) is 15.7. The van der Waals surface area contributed by atoms with Gasteiger partial charge < -0.3 is 0 Å². The molecule has 2 spiro atoms. The van der Waals surface area contributed by atoms with E-state index in [4.69, 9.17) is 4.98 Å². The highest BCUT2D eigenvalue weighted by Gasteiger charge is 2.44. The second kappa shape index (κ2) is 6.00. The van der Waals surface area contributed by atoms with E-state index in [0.29, 0.717) is 12.8 Å². The highest BCUT2D eigenvalue weighted by Crippen LogP contribution is 2.49. The van der Waals surface area contributed by atoms with Crippen molar-refractivity contribution in [1.82, 2.24) is 4.98 Å². The van der Waals surface area contributed by atoms with Crippen molar-refractivity contribution in [3.8, 4) is 0 Å². The van der Waals surface area contributed by atoms with Gasteiger partial charge in [0, 0.05) is 24.0 Å². The van der Waals surface area contributed by atoms with E-state index < -0.39 is 0 Å². The topological polar surface area (TPSA) is 47.0 Å². The van der Waals surface area contributed by atoms with E-state index in [2.05, 4.69) is 0 Å². The van der Waals surface area contributed by atoms with Gasteiger partial charge in [-0.15, -0.1) is 0 Å². The zero-order valence-electron chi connectivity index (χ0n) is 15.7. The third kappa shape index (κ3) is 2.66. The van der Waals surface area contributed by atoms with Gasteiger partial charge >= 0.3 is 0 Å². The molecule has 0 aromatic carbocycles. The van der Waals surface area contributed by atoms with Gasteiger partial charge in [-0.1, -0.05) is 38.5 Å². The Morgan fingerprint density at radius 1 is 0.615 bits per heavy atom.